The third kappa shape index (κ3) is 11.7. The Morgan fingerprint density at radius 3 is 1.56 bits per heavy atom. The first-order valence-corrected chi connectivity index (χ1v) is 12.3. The predicted octanol–water partition coefficient (Wildman–Crippen LogP) is 3.72. The van der Waals surface area contributed by atoms with E-state index in [9.17, 15) is 29.7 Å². The number of carboxylic acids is 3. The molecular weight excluding hydrogens is 410 g/mol. The van der Waals surface area contributed by atoms with Crippen LogP contribution in [0.25, 0.3) is 0 Å². The van der Waals surface area contributed by atoms with Crippen LogP contribution in [0.15, 0.2) is 12.2 Å². The van der Waals surface area contributed by atoms with Crippen LogP contribution in [0.2, 0.25) is 0 Å². The summed E-state index contributed by atoms with van der Waals surface area (Å²) >= 11 is 0. The average molecular weight is 456 g/mol. The number of allylic oxidation sites excluding steroid dienone is 2. The number of carboxylic acid groups (broad SMARTS) is 3. The number of hydrogen-bond donors (Lipinski definition) is 2. The van der Waals surface area contributed by atoms with Crippen molar-refractivity contribution in [2.45, 2.75) is 85.5 Å². The topological polar surface area (TPSA) is 115 Å². The molecule has 0 saturated heterocycles. The molecule has 0 rings (SSSR count). The van der Waals surface area contributed by atoms with Crippen LogP contribution in [-0.4, -0.2) is 58.8 Å². The molecule has 0 radical (unpaired) electrons. The van der Waals surface area contributed by atoms with Gasteiger partial charge in [-0.25, -0.2) is 0 Å². The van der Waals surface area contributed by atoms with Crippen LogP contribution in [0, 0.1) is 17.8 Å². The van der Waals surface area contributed by atoms with Gasteiger partial charge in [0.1, 0.15) is 11.8 Å². The lowest BCUT2D eigenvalue weighted by molar-refractivity contribution is -0.935. The molecule has 0 aliphatic heterocycles. The molecule has 0 spiro atoms. The first kappa shape index (κ1) is 30.1. The van der Waals surface area contributed by atoms with Crippen LogP contribution in [-0.2, 0) is 14.4 Å². The predicted molar refractivity (Wildman–Crippen MR) is 124 cm³/mol. The van der Waals surface area contributed by atoms with Crippen molar-refractivity contribution in [3.8, 4) is 0 Å². The standard InChI is InChI=1S/C25H45NO6/c1-5-9-10-11-12-13-14-15-16-26(17-20(6-2)23(27)28,18-21(7-3)24(29)30)19-22(8-4)25(31)32/h11-12,20-22H,5-10,13-19H2,1-4H3,(H2-,27,28,29,30,31,32)/b12-11+. The molecule has 2 N–H and O–H groups in total. The fraction of sp³-hybridized carbons (Fsp3) is 0.800. The van der Waals surface area contributed by atoms with E-state index in [4.69, 9.17) is 0 Å². The van der Waals surface area contributed by atoms with E-state index in [-0.39, 0.29) is 24.1 Å². The summed E-state index contributed by atoms with van der Waals surface area (Å²) in [6.45, 7) is 8.80. The lowest BCUT2D eigenvalue weighted by Gasteiger charge is -2.44. The normalized spacial score (nSPS) is 16.4. The lowest BCUT2D eigenvalue weighted by atomic mass is 9.95. The minimum atomic E-state index is -1.15. The molecule has 3 atom stereocenters. The zero-order chi connectivity index (χ0) is 24.6. The molecule has 0 bridgehead atoms. The van der Waals surface area contributed by atoms with Gasteiger partial charge in [0.05, 0.1) is 32.1 Å². The molecule has 0 saturated carbocycles. The third-order valence-electron chi connectivity index (χ3n) is 6.48. The number of quaternary nitrogens is 1. The Kier molecular flexibility index (Phi) is 15.7. The number of carbonyl (C=O) groups excluding carboxylic acids is 1. The summed E-state index contributed by atoms with van der Waals surface area (Å²) in [4.78, 5) is 35.4. The van der Waals surface area contributed by atoms with Crippen molar-refractivity contribution in [2.24, 2.45) is 17.8 Å². The summed E-state index contributed by atoms with van der Waals surface area (Å²) in [5.41, 5.74) is 0. The molecule has 0 aromatic carbocycles. The van der Waals surface area contributed by atoms with E-state index in [1.165, 1.54) is 6.42 Å². The number of carbonyl (C=O) groups is 3. The number of aliphatic carboxylic acids is 3. The average Bonchev–Trinajstić information content (AvgIpc) is 2.75. The van der Waals surface area contributed by atoms with Crippen molar-refractivity contribution in [2.75, 3.05) is 26.2 Å². The summed E-state index contributed by atoms with van der Waals surface area (Å²) in [6.07, 6.45) is 11.5. The zero-order valence-electron chi connectivity index (χ0n) is 20.6. The summed E-state index contributed by atoms with van der Waals surface area (Å²) < 4.78 is 0.196. The van der Waals surface area contributed by atoms with Crippen molar-refractivity contribution in [1.82, 2.24) is 0 Å². The van der Waals surface area contributed by atoms with Gasteiger partial charge in [-0.15, -0.1) is 0 Å². The molecule has 0 aliphatic rings. The van der Waals surface area contributed by atoms with Crippen molar-refractivity contribution >= 4 is 17.9 Å². The maximum Gasteiger partial charge on any atom is 0.312 e. The number of rotatable bonds is 20. The van der Waals surface area contributed by atoms with Crippen LogP contribution in [0.4, 0.5) is 0 Å². The quantitative estimate of drug-likeness (QED) is 0.164. The van der Waals surface area contributed by atoms with Gasteiger partial charge in [0.25, 0.3) is 0 Å². The zero-order valence-corrected chi connectivity index (χ0v) is 20.6. The summed E-state index contributed by atoms with van der Waals surface area (Å²) in [7, 11) is 0. The fourth-order valence-electron chi connectivity index (χ4n) is 4.30. The highest BCUT2D eigenvalue weighted by molar-refractivity contribution is 5.70. The molecule has 0 aliphatic carbocycles. The van der Waals surface area contributed by atoms with Gasteiger partial charge < -0.3 is 24.6 Å². The van der Waals surface area contributed by atoms with Gasteiger partial charge in [0.15, 0.2) is 0 Å². The van der Waals surface area contributed by atoms with Gasteiger partial charge in [0.2, 0.25) is 0 Å². The van der Waals surface area contributed by atoms with Crippen LogP contribution < -0.4 is 5.11 Å². The summed E-state index contributed by atoms with van der Waals surface area (Å²) in [5.74, 6) is -5.01. The SMILES string of the molecule is CCCC/C=C/CCCC[N+](CC(CC)C(=O)[O-])(CC(CC)C(=O)O)CC(CC)C(=O)O. The smallest absolute Gasteiger partial charge is 0.312 e. The van der Waals surface area contributed by atoms with Gasteiger partial charge in [-0.2, -0.15) is 0 Å². The van der Waals surface area contributed by atoms with Gasteiger partial charge in [-0.3, -0.25) is 9.59 Å². The third-order valence-corrected chi connectivity index (χ3v) is 6.48. The van der Waals surface area contributed by atoms with Crippen LogP contribution in [0.1, 0.15) is 85.5 Å². The molecule has 0 amide bonds. The molecule has 7 heteroatoms. The lowest BCUT2D eigenvalue weighted by Crippen LogP contribution is -2.59. The second-order valence-electron chi connectivity index (χ2n) is 9.03. The van der Waals surface area contributed by atoms with Crippen molar-refractivity contribution in [3.63, 3.8) is 0 Å². The highest BCUT2D eigenvalue weighted by atomic mass is 16.4. The van der Waals surface area contributed by atoms with Crippen molar-refractivity contribution < 1.29 is 34.2 Å². The number of hydrogen-bond acceptors (Lipinski definition) is 4. The molecule has 0 aromatic heterocycles. The Morgan fingerprint density at radius 1 is 0.750 bits per heavy atom. The van der Waals surface area contributed by atoms with E-state index >= 15 is 0 Å². The van der Waals surface area contributed by atoms with E-state index in [0.717, 1.165) is 32.1 Å². The van der Waals surface area contributed by atoms with E-state index in [2.05, 4.69) is 19.1 Å². The second kappa shape index (κ2) is 16.7. The maximum absolute atomic E-state index is 11.8. The first-order valence-electron chi connectivity index (χ1n) is 12.3. The van der Waals surface area contributed by atoms with Gasteiger partial charge >= 0.3 is 11.9 Å². The van der Waals surface area contributed by atoms with Crippen LogP contribution in [0.3, 0.4) is 0 Å². The molecule has 32 heavy (non-hydrogen) atoms. The minimum absolute atomic E-state index is 0.196. The highest BCUT2D eigenvalue weighted by Crippen LogP contribution is 2.25. The summed E-state index contributed by atoms with van der Waals surface area (Å²) in [5, 5.41) is 31.1. The Labute approximate surface area is 194 Å². The van der Waals surface area contributed by atoms with E-state index in [0.29, 0.717) is 25.8 Å². The second-order valence-corrected chi connectivity index (χ2v) is 9.03. The van der Waals surface area contributed by atoms with Crippen molar-refractivity contribution in [1.29, 1.82) is 0 Å². The number of unbranched alkanes of at least 4 members (excludes halogenated alkanes) is 4. The Bertz CT molecular complexity index is 529. The maximum atomic E-state index is 11.8. The highest BCUT2D eigenvalue weighted by Gasteiger charge is 2.39. The summed E-state index contributed by atoms with van der Waals surface area (Å²) in [6, 6.07) is 0. The molecule has 7 nitrogen and oxygen atoms in total. The minimum Gasteiger partial charge on any atom is -0.550 e. The molecule has 3 unspecified atom stereocenters. The molecular formula is C25H45NO6. The van der Waals surface area contributed by atoms with Gasteiger partial charge in [-0.1, -0.05) is 52.7 Å². The molecule has 0 aromatic rings. The molecule has 0 heterocycles. The largest absolute Gasteiger partial charge is 0.550 e. The molecule has 186 valence electrons. The Morgan fingerprint density at radius 2 is 1.19 bits per heavy atom. The van der Waals surface area contributed by atoms with E-state index in [1.807, 2.05) is 0 Å². The van der Waals surface area contributed by atoms with Crippen LogP contribution >= 0.6 is 0 Å². The number of nitrogens with zero attached hydrogens (tertiary/aromatic N) is 1. The monoisotopic (exact) mass is 455 g/mol. The van der Waals surface area contributed by atoms with E-state index in [1.54, 1.807) is 20.8 Å². The van der Waals surface area contributed by atoms with Crippen molar-refractivity contribution in [3.05, 3.63) is 12.2 Å². The van der Waals surface area contributed by atoms with E-state index < -0.39 is 35.7 Å². The van der Waals surface area contributed by atoms with Crippen LogP contribution in [0.5, 0.6) is 0 Å². The Hall–Kier alpha value is -1.89. The first-order chi connectivity index (χ1) is 15.2. The molecule has 0 fully saturated rings. The van der Waals surface area contributed by atoms with Gasteiger partial charge in [0, 0.05) is 5.92 Å². The Balaban J connectivity index is 5.71. The van der Waals surface area contributed by atoms with Gasteiger partial charge in [-0.05, 0) is 44.9 Å². The fourth-order valence-corrected chi connectivity index (χ4v) is 4.30.